The predicted molar refractivity (Wildman–Crippen MR) is 114 cm³/mol. The number of hydrogen-bond donors (Lipinski definition) is 1. The first-order chi connectivity index (χ1) is 14.2. The zero-order chi connectivity index (χ0) is 21.9. The Bertz CT molecular complexity index is 1160. The second kappa shape index (κ2) is 8.89. The number of rotatable bonds is 7. The van der Waals surface area contributed by atoms with E-state index in [0.717, 1.165) is 11.1 Å². The molecule has 7 nitrogen and oxygen atoms in total. The van der Waals surface area contributed by atoms with Crippen LogP contribution < -0.4 is 4.72 Å². The predicted octanol–water partition coefficient (Wildman–Crippen LogP) is 3.29. The van der Waals surface area contributed by atoms with E-state index in [1.807, 2.05) is 31.2 Å². The molecule has 2 aromatic carbocycles. The van der Waals surface area contributed by atoms with Crippen molar-refractivity contribution in [3.63, 3.8) is 0 Å². The molecule has 0 bridgehead atoms. The monoisotopic (exact) mass is 427 g/mol. The molecule has 3 rings (SSSR count). The highest BCUT2D eigenvalue weighted by Gasteiger charge is 2.30. The molecule has 0 unspecified atom stereocenters. The smallest absolute Gasteiger partial charge is 0.324 e. The van der Waals surface area contributed by atoms with Crippen LogP contribution in [0.15, 0.2) is 53.4 Å². The molecule has 0 fully saturated rings. The van der Waals surface area contributed by atoms with Crippen molar-refractivity contribution in [2.45, 2.75) is 45.2 Å². The van der Waals surface area contributed by atoms with Gasteiger partial charge in [0.2, 0.25) is 10.0 Å². The minimum absolute atomic E-state index is 0.0853. The zero-order valence-corrected chi connectivity index (χ0v) is 18.2. The van der Waals surface area contributed by atoms with Gasteiger partial charge in [-0.05, 0) is 44.0 Å². The Kier molecular flexibility index (Phi) is 6.48. The molecule has 1 heterocycles. The van der Waals surface area contributed by atoms with E-state index in [1.165, 1.54) is 12.1 Å². The number of esters is 1. The van der Waals surface area contributed by atoms with Gasteiger partial charge in [0, 0.05) is 0 Å². The van der Waals surface area contributed by atoms with Gasteiger partial charge in [-0.15, -0.1) is 0 Å². The SMILES string of the molecule is Cc1ccc(S(=O)(=O)N[C@H](C(=O)OCc2nc3ccccc3nc2C)C(C)C)cc1. The van der Waals surface area contributed by atoms with Crippen LogP contribution in [-0.4, -0.2) is 30.4 Å². The Morgan fingerprint density at radius 1 is 1.00 bits per heavy atom. The molecule has 1 N–H and O–H groups in total. The standard InChI is InChI=1S/C22H25N3O4S/c1-14(2)21(25-30(27,28)17-11-9-15(3)10-12-17)22(26)29-13-20-16(4)23-18-7-5-6-8-19(18)24-20/h5-12,14,21,25H,13H2,1-4H3/t21-/m0/s1. The molecule has 0 saturated heterocycles. The number of nitrogens with one attached hydrogen (secondary N) is 1. The summed E-state index contributed by atoms with van der Waals surface area (Å²) in [5.74, 6) is -0.962. The number of nitrogens with zero attached hydrogens (tertiary/aromatic N) is 2. The summed E-state index contributed by atoms with van der Waals surface area (Å²) in [6, 6.07) is 12.8. The molecule has 158 valence electrons. The molecule has 1 aromatic heterocycles. The van der Waals surface area contributed by atoms with Gasteiger partial charge in [0.15, 0.2) is 0 Å². The molecule has 0 radical (unpaired) electrons. The number of para-hydroxylation sites is 2. The van der Waals surface area contributed by atoms with Crippen LogP contribution in [0.1, 0.15) is 30.8 Å². The summed E-state index contributed by atoms with van der Waals surface area (Å²) in [6.45, 7) is 7.09. The molecule has 0 amide bonds. The van der Waals surface area contributed by atoms with E-state index in [9.17, 15) is 13.2 Å². The lowest BCUT2D eigenvalue weighted by Crippen LogP contribution is -2.45. The van der Waals surface area contributed by atoms with E-state index in [0.29, 0.717) is 16.9 Å². The highest BCUT2D eigenvalue weighted by molar-refractivity contribution is 7.89. The molecule has 1 atom stereocenters. The number of carbonyl (C=O) groups is 1. The molecule has 0 saturated carbocycles. The minimum atomic E-state index is -3.87. The Balaban J connectivity index is 1.74. The van der Waals surface area contributed by atoms with E-state index >= 15 is 0 Å². The molecule has 8 heteroatoms. The van der Waals surface area contributed by atoms with Gasteiger partial charge in [-0.2, -0.15) is 4.72 Å². The molecule has 0 spiro atoms. The fourth-order valence-electron chi connectivity index (χ4n) is 2.90. The average molecular weight is 428 g/mol. The van der Waals surface area contributed by atoms with Gasteiger partial charge in [-0.3, -0.25) is 4.79 Å². The first-order valence-electron chi connectivity index (χ1n) is 9.65. The quantitative estimate of drug-likeness (QED) is 0.581. The zero-order valence-electron chi connectivity index (χ0n) is 17.4. The highest BCUT2D eigenvalue weighted by Crippen LogP contribution is 2.16. The number of carbonyl (C=O) groups excluding carboxylic acids is 1. The van der Waals surface area contributed by atoms with Crippen molar-refractivity contribution in [3.05, 3.63) is 65.5 Å². The van der Waals surface area contributed by atoms with Crippen molar-refractivity contribution in [2.75, 3.05) is 0 Å². The maximum absolute atomic E-state index is 12.7. The van der Waals surface area contributed by atoms with Crippen LogP contribution in [-0.2, 0) is 26.2 Å². The molecule has 0 aliphatic carbocycles. The van der Waals surface area contributed by atoms with E-state index < -0.39 is 22.0 Å². The van der Waals surface area contributed by atoms with Crippen LogP contribution in [0.3, 0.4) is 0 Å². The van der Waals surface area contributed by atoms with Crippen LogP contribution in [0.4, 0.5) is 0 Å². The van der Waals surface area contributed by atoms with E-state index in [2.05, 4.69) is 14.7 Å². The van der Waals surface area contributed by atoms with Crippen LogP contribution in [0.25, 0.3) is 11.0 Å². The summed E-state index contributed by atoms with van der Waals surface area (Å²) in [6.07, 6.45) is 0. The number of hydrogen-bond acceptors (Lipinski definition) is 6. The van der Waals surface area contributed by atoms with Gasteiger partial charge >= 0.3 is 5.97 Å². The lowest BCUT2D eigenvalue weighted by Gasteiger charge is -2.21. The van der Waals surface area contributed by atoms with Crippen molar-refractivity contribution in [2.24, 2.45) is 5.92 Å². The first-order valence-corrected chi connectivity index (χ1v) is 11.1. The number of fused-ring (bicyclic) bond motifs is 1. The summed E-state index contributed by atoms with van der Waals surface area (Å²) < 4.78 is 33.3. The van der Waals surface area contributed by atoms with Gasteiger partial charge in [0.1, 0.15) is 12.6 Å². The third-order valence-electron chi connectivity index (χ3n) is 4.73. The van der Waals surface area contributed by atoms with Crippen molar-refractivity contribution < 1.29 is 17.9 Å². The van der Waals surface area contributed by atoms with Crippen LogP contribution in [0.2, 0.25) is 0 Å². The summed E-state index contributed by atoms with van der Waals surface area (Å²) in [4.78, 5) is 21.8. The van der Waals surface area contributed by atoms with E-state index in [-0.39, 0.29) is 17.4 Å². The fourth-order valence-corrected chi connectivity index (χ4v) is 4.23. The molecular weight excluding hydrogens is 402 g/mol. The van der Waals surface area contributed by atoms with Crippen molar-refractivity contribution in [3.8, 4) is 0 Å². The average Bonchev–Trinajstić information content (AvgIpc) is 2.70. The maximum atomic E-state index is 12.7. The normalized spacial score (nSPS) is 12.8. The number of sulfonamides is 1. The van der Waals surface area contributed by atoms with Crippen LogP contribution in [0.5, 0.6) is 0 Å². The second-order valence-corrected chi connectivity index (χ2v) is 9.22. The topological polar surface area (TPSA) is 98.2 Å². The van der Waals surface area contributed by atoms with Gasteiger partial charge in [-0.1, -0.05) is 43.7 Å². The van der Waals surface area contributed by atoms with Gasteiger partial charge in [0.25, 0.3) is 0 Å². The lowest BCUT2D eigenvalue weighted by atomic mass is 10.1. The molecular formula is C22H25N3O4S. The van der Waals surface area contributed by atoms with Crippen molar-refractivity contribution >= 4 is 27.0 Å². The fraction of sp³-hybridized carbons (Fsp3) is 0.318. The van der Waals surface area contributed by atoms with E-state index in [1.54, 1.807) is 32.9 Å². The lowest BCUT2D eigenvalue weighted by molar-refractivity contribution is -0.148. The second-order valence-electron chi connectivity index (χ2n) is 7.51. The van der Waals surface area contributed by atoms with Crippen LogP contribution in [0, 0.1) is 19.8 Å². The number of aromatic nitrogens is 2. The Morgan fingerprint density at radius 3 is 2.20 bits per heavy atom. The van der Waals surface area contributed by atoms with Crippen molar-refractivity contribution in [1.29, 1.82) is 0 Å². The van der Waals surface area contributed by atoms with Gasteiger partial charge in [-0.25, -0.2) is 18.4 Å². The Hall–Kier alpha value is -2.84. The Labute approximate surface area is 176 Å². The third-order valence-corrected chi connectivity index (χ3v) is 6.19. The first kappa shape index (κ1) is 21.9. The summed E-state index contributed by atoms with van der Waals surface area (Å²) in [5, 5.41) is 0. The summed E-state index contributed by atoms with van der Waals surface area (Å²) in [7, 11) is -3.87. The number of benzene rings is 2. The largest absolute Gasteiger partial charge is 0.458 e. The number of aryl methyl sites for hydroxylation is 2. The van der Waals surface area contributed by atoms with Crippen LogP contribution >= 0.6 is 0 Å². The number of ether oxygens (including phenoxy) is 1. The minimum Gasteiger partial charge on any atom is -0.458 e. The van der Waals surface area contributed by atoms with E-state index in [4.69, 9.17) is 4.74 Å². The maximum Gasteiger partial charge on any atom is 0.324 e. The van der Waals surface area contributed by atoms with Gasteiger partial charge < -0.3 is 4.74 Å². The summed E-state index contributed by atoms with van der Waals surface area (Å²) >= 11 is 0. The molecule has 0 aliphatic rings. The molecule has 30 heavy (non-hydrogen) atoms. The van der Waals surface area contributed by atoms with Crippen molar-refractivity contribution in [1.82, 2.24) is 14.7 Å². The molecule has 3 aromatic rings. The summed E-state index contributed by atoms with van der Waals surface area (Å²) in [5.41, 5.74) is 3.60. The third kappa shape index (κ3) is 5.01. The Morgan fingerprint density at radius 2 is 1.60 bits per heavy atom. The molecule has 0 aliphatic heterocycles. The van der Waals surface area contributed by atoms with Gasteiger partial charge in [0.05, 0.1) is 27.3 Å². The highest BCUT2D eigenvalue weighted by atomic mass is 32.2.